The maximum Gasteiger partial charge on any atom is 0.115 e. The summed E-state index contributed by atoms with van der Waals surface area (Å²) in [5.74, 6) is 0.886. The maximum absolute atomic E-state index is 9.67. The van der Waals surface area contributed by atoms with E-state index in [0.29, 0.717) is 24.4 Å². The summed E-state index contributed by atoms with van der Waals surface area (Å²) in [7, 11) is 5.68. The van der Waals surface area contributed by atoms with Gasteiger partial charge in [-0.15, -0.1) is 0 Å². The molecule has 0 bridgehead atoms. The van der Waals surface area contributed by atoms with Crippen molar-refractivity contribution >= 4 is 0 Å². The Bertz CT molecular complexity index is 520. The lowest BCUT2D eigenvalue weighted by Crippen LogP contribution is -2.50. The molecule has 0 aliphatic heterocycles. The lowest BCUT2D eigenvalue weighted by Gasteiger charge is -2.32. The first-order valence-corrected chi connectivity index (χ1v) is 10.7. The fourth-order valence-electron chi connectivity index (χ4n) is 3.61. The number of benzene rings is 1. The van der Waals surface area contributed by atoms with E-state index in [0.717, 1.165) is 32.1 Å². The molecule has 0 amide bonds. The predicted molar refractivity (Wildman–Crippen MR) is 115 cm³/mol. The van der Waals surface area contributed by atoms with Crippen LogP contribution < -0.4 is 10.8 Å². The predicted octanol–water partition coefficient (Wildman–Crippen LogP) is 3.83. The van der Waals surface area contributed by atoms with Crippen LogP contribution in [-0.2, 0) is 9.68 Å². The summed E-state index contributed by atoms with van der Waals surface area (Å²) in [5, 5.41) is 14.7. The van der Waals surface area contributed by atoms with Gasteiger partial charge in [0.1, 0.15) is 5.75 Å². The molecule has 0 spiro atoms. The number of hydrogen-bond acceptors (Lipinski definition) is 6. The van der Waals surface area contributed by atoms with Gasteiger partial charge in [0.05, 0.1) is 18.8 Å². The van der Waals surface area contributed by atoms with E-state index in [-0.39, 0.29) is 12.1 Å². The molecule has 2 unspecified atom stereocenters. The first kappa shape index (κ1) is 24.9. The van der Waals surface area contributed by atoms with Gasteiger partial charge in [0.2, 0.25) is 0 Å². The Morgan fingerprint density at radius 2 is 1.82 bits per heavy atom. The Morgan fingerprint density at radius 3 is 2.36 bits per heavy atom. The van der Waals surface area contributed by atoms with Crippen molar-refractivity contribution in [2.75, 3.05) is 27.7 Å². The normalized spacial score (nSPS) is 21.7. The van der Waals surface area contributed by atoms with Crippen molar-refractivity contribution in [1.82, 2.24) is 15.9 Å². The van der Waals surface area contributed by atoms with E-state index in [2.05, 4.69) is 23.8 Å². The third-order valence-corrected chi connectivity index (χ3v) is 5.21. The number of nitrogens with one attached hydrogen (secondary N) is 2. The minimum atomic E-state index is 0.186. The molecular weight excluding hydrogens is 354 g/mol. The summed E-state index contributed by atoms with van der Waals surface area (Å²) < 4.78 is 6.21. The van der Waals surface area contributed by atoms with Crippen LogP contribution in [0.25, 0.3) is 0 Å². The number of likely N-dealkylation sites (N-methyl/N-ethyl adjacent to an activating group) is 1. The third-order valence-electron chi connectivity index (χ3n) is 5.21. The van der Waals surface area contributed by atoms with Gasteiger partial charge in [-0.05, 0) is 62.8 Å². The molecule has 0 saturated heterocycles. The number of hydrogen-bond donors (Lipinski definition) is 3. The number of rotatable bonds is 10. The highest BCUT2D eigenvalue weighted by atomic mass is 16.8. The number of aromatic hydroxyl groups is 1. The Balaban J connectivity index is 0.00000190. The van der Waals surface area contributed by atoms with Crippen LogP contribution in [0.2, 0.25) is 0 Å². The van der Waals surface area contributed by atoms with E-state index in [1.807, 2.05) is 47.1 Å². The molecule has 2 rings (SSSR count). The molecule has 0 radical (unpaired) electrons. The summed E-state index contributed by atoms with van der Waals surface area (Å²) in [4.78, 5) is 5.41. The van der Waals surface area contributed by atoms with Crippen molar-refractivity contribution < 1.29 is 14.8 Å². The Labute approximate surface area is 171 Å². The van der Waals surface area contributed by atoms with Crippen LogP contribution in [-0.4, -0.2) is 56.1 Å². The number of phenolic OH excluding ortho intramolecular Hbond substituents is 1. The van der Waals surface area contributed by atoms with Gasteiger partial charge >= 0.3 is 0 Å². The summed E-state index contributed by atoms with van der Waals surface area (Å²) in [5.41, 5.74) is 4.34. The van der Waals surface area contributed by atoms with Gasteiger partial charge in [-0.25, -0.2) is 4.94 Å². The van der Waals surface area contributed by atoms with Crippen molar-refractivity contribution in [3.63, 3.8) is 0 Å². The number of nitrogens with zero attached hydrogens (tertiary/aromatic N) is 1. The monoisotopic (exact) mass is 395 g/mol. The highest BCUT2D eigenvalue weighted by Gasteiger charge is 2.25. The summed E-state index contributed by atoms with van der Waals surface area (Å²) in [6.07, 6.45) is 5.61. The van der Waals surface area contributed by atoms with Gasteiger partial charge in [-0.1, -0.05) is 32.9 Å². The molecule has 6 heteroatoms. The highest BCUT2D eigenvalue weighted by Crippen LogP contribution is 2.35. The number of phenols is 1. The second kappa shape index (κ2) is 13.9. The van der Waals surface area contributed by atoms with E-state index in [4.69, 9.17) is 9.68 Å². The van der Waals surface area contributed by atoms with Crippen LogP contribution in [0.1, 0.15) is 64.4 Å². The van der Waals surface area contributed by atoms with Crippen molar-refractivity contribution in [2.45, 2.75) is 77.0 Å². The second-order valence-corrected chi connectivity index (χ2v) is 7.33. The van der Waals surface area contributed by atoms with Gasteiger partial charge in [0.15, 0.2) is 0 Å². The first-order valence-electron chi connectivity index (χ1n) is 10.7. The average Bonchev–Trinajstić information content (AvgIpc) is 2.72. The molecule has 3 N–H and O–H groups in total. The van der Waals surface area contributed by atoms with E-state index >= 15 is 0 Å². The van der Waals surface area contributed by atoms with Crippen molar-refractivity contribution in [1.29, 1.82) is 0 Å². The van der Waals surface area contributed by atoms with Crippen molar-refractivity contribution in [2.24, 2.45) is 0 Å². The lowest BCUT2D eigenvalue weighted by atomic mass is 9.82. The van der Waals surface area contributed by atoms with Crippen LogP contribution in [0.5, 0.6) is 5.75 Å². The molecule has 0 heterocycles. The minimum Gasteiger partial charge on any atom is -0.508 e. The van der Waals surface area contributed by atoms with Crippen LogP contribution in [0.3, 0.4) is 0 Å². The number of ether oxygens (including phenoxy) is 1. The zero-order valence-electron chi connectivity index (χ0n) is 18.6. The average molecular weight is 396 g/mol. The fourth-order valence-corrected chi connectivity index (χ4v) is 3.61. The lowest BCUT2D eigenvalue weighted by molar-refractivity contribution is -0.193. The largest absolute Gasteiger partial charge is 0.508 e. The topological polar surface area (TPSA) is 66.0 Å². The molecule has 1 fully saturated rings. The van der Waals surface area contributed by atoms with E-state index in [1.165, 1.54) is 5.56 Å². The Kier molecular flexibility index (Phi) is 12.3. The fraction of sp³-hybridized carbons (Fsp3) is 0.727. The number of hydroxylamine groups is 3. The molecule has 28 heavy (non-hydrogen) atoms. The van der Waals surface area contributed by atoms with Crippen molar-refractivity contribution in [3.8, 4) is 5.75 Å². The summed E-state index contributed by atoms with van der Waals surface area (Å²) in [6, 6.07) is 8.05. The van der Waals surface area contributed by atoms with E-state index in [1.54, 1.807) is 11.1 Å². The van der Waals surface area contributed by atoms with E-state index in [9.17, 15) is 5.11 Å². The molecule has 1 aromatic rings. The maximum atomic E-state index is 9.67. The highest BCUT2D eigenvalue weighted by molar-refractivity contribution is 5.29. The van der Waals surface area contributed by atoms with Gasteiger partial charge in [-0.2, -0.15) is 10.5 Å². The Morgan fingerprint density at radius 1 is 1.14 bits per heavy atom. The Hall–Kier alpha value is -1.18. The van der Waals surface area contributed by atoms with Gasteiger partial charge in [0, 0.05) is 20.1 Å². The summed E-state index contributed by atoms with van der Waals surface area (Å²) in [6.45, 7) is 6.81. The molecule has 1 saturated carbocycles. The molecule has 0 aromatic heterocycles. The zero-order chi connectivity index (χ0) is 20.9. The van der Waals surface area contributed by atoms with Gasteiger partial charge < -0.3 is 15.2 Å². The smallest absolute Gasteiger partial charge is 0.115 e. The van der Waals surface area contributed by atoms with Crippen LogP contribution in [0.15, 0.2) is 24.3 Å². The molecule has 6 nitrogen and oxygen atoms in total. The zero-order valence-corrected chi connectivity index (χ0v) is 18.6. The van der Waals surface area contributed by atoms with Crippen LogP contribution in [0.4, 0.5) is 0 Å². The van der Waals surface area contributed by atoms with Gasteiger partial charge in [0.25, 0.3) is 0 Å². The van der Waals surface area contributed by atoms with Crippen LogP contribution >= 0.6 is 0 Å². The minimum absolute atomic E-state index is 0.186. The second-order valence-electron chi connectivity index (χ2n) is 7.33. The molecule has 162 valence electrons. The van der Waals surface area contributed by atoms with Gasteiger partial charge in [-0.3, -0.25) is 0 Å². The molecular formula is C22H41N3O3. The standard InChI is InChI=1S/C20H35N3O3.C2H6/c1-5-19(22-26-23(3)4)20(21-2)14-25-18-11-9-15(10-12-18)16-7-6-8-17(24)13-16;1-2/h6-8,13,15,18-22,24H,5,9-12,14H2,1-4H3;1-2H3. The molecule has 1 aliphatic carbocycles. The first-order chi connectivity index (χ1) is 13.5. The van der Waals surface area contributed by atoms with Crippen molar-refractivity contribution in [3.05, 3.63) is 29.8 Å². The molecule has 2 atom stereocenters. The van der Waals surface area contributed by atoms with E-state index < -0.39 is 0 Å². The third kappa shape index (κ3) is 8.45. The quantitative estimate of drug-likeness (QED) is 0.523. The summed E-state index contributed by atoms with van der Waals surface area (Å²) >= 11 is 0. The molecule has 1 aliphatic rings. The molecule has 1 aromatic carbocycles. The SMILES string of the molecule is CC.CCC(NON(C)C)C(COC1CCC(c2cccc(O)c2)CC1)NC. The van der Waals surface area contributed by atoms with Crippen LogP contribution in [0, 0.1) is 0 Å².